The maximum Gasteiger partial charge on any atom is 0.310 e. The zero-order valence-corrected chi connectivity index (χ0v) is 20.6. The molecule has 32 heavy (non-hydrogen) atoms. The molecule has 0 aliphatic carbocycles. The summed E-state index contributed by atoms with van der Waals surface area (Å²) in [5.41, 5.74) is 0.642. The number of ether oxygens (including phenoxy) is 1. The lowest BCUT2D eigenvalue weighted by Gasteiger charge is -2.06. The van der Waals surface area contributed by atoms with Gasteiger partial charge in [-0.3, -0.25) is 4.79 Å². The van der Waals surface area contributed by atoms with Crippen LogP contribution in [-0.4, -0.2) is 22.8 Å². The van der Waals surface area contributed by atoms with E-state index in [0.29, 0.717) is 12.2 Å². The molecule has 2 N–H and O–H groups in total. The summed E-state index contributed by atoms with van der Waals surface area (Å²) in [6.07, 6.45) is 24.2. The van der Waals surface area contributed by atoms with Crippen LogP contribution in [0.5, 0.6) is 11.5 Å². The number of carbonyl (C=O) groups is 1. The highest BCUT2D eigenvalue weighted by Gasteiger charge is 2.07. The van der Waals surface area contributed by atoms with Crippen molar-refractivity contribution in [2.45, 2.75) is 129 Å². The zero-order chi connectivity index (χ0) is 23.3. The lowest BCUT2D eigenvalue weighted by Crippen LogP contribution is -2.09. The largest absolute Gasteiger partial charge is 0.504 e. The maximum absolute atomic E-state index is 11.8. The number of rotatable bonds is 21. The minimum atomic E-state index is -0.290. The third kappa shape index (κ3) is 16.0. The molecule has 0 atom stereocenters. The predicted molar refractivity (Wildman–Crippen MR) is 133 cm³/mol. The first kappa shape index (κ1) is 28.3. The van der Waals surface area contributed by atoms with E-state index in [4.69, 9.17) is 4.74 Å². The van der Waals surface area contributed by atoms with Gasteiger partial charge >= 0.3 is 5.97 Å². The van der Waals surface area contributed by atoms with Crippen LogP contribution < -0.4 is 0 Å². The molecule has 0 heterocycles. The Labute approximate surface area is 196 Å². The van der Waals surface area contributed by atoms with Crippen LogP contribution in [-0.2, 0) is 16.0 Å². The Balaban J connectivity index is 1.79. The first-order valence-corrected chi connectivity index (χ1v) is 13.3. The summed E-state index contributed by atoms with van der Waals surface area (Å²) in [7, 11) is 0. The summed E-state index contributed by atoms with van der Waals surface area (Å²) in [4.78, 5) is 11.8. The Kier molecular flexibility index (Phi) is 17.6. The van der Waals surface area contributed by atoms with E-state index in [-0.39, 0.29) is 23.9 Å². The van der Waals surface area contributed by atoms with E-state index in [9.17, 15) is 15.0 Å². The molecular weight excluding hydrogens is 400 g/mol. The number of phenolic OH excluding ortho intramolecular Hbond substituents is 2. The van der Waals surface area contributed by atoms with Crippen molar-refractivity contribution in [3.63, 3.8) is 0 Å². The molecule has 0 amide bonds. The maximum atomic E-state index is 11.8. The van der Waals surface area contributed by atoms with Gasteiger partial charge in [-0.25, -0.2) is 0 Å². The molecule has 4 nitrogen and oxygen atoms in total. The van der Waals surface area contributed by atoms with Gasteiger partial charge in [-0.15, -0.1) is 0 Å². The number of esters is 1. The zero-order valence-electron chi connectivity index (χ0n) is 20.6. The predicted octanol–water partition coefficient (Wildman–Crippen LogP) is 8.23. The topological polar surface area (TPSA) is 66.8 Å². The molecule has 0 saturated heterocycles. The Morgan fingerprint density at radius 3 is 1.53 bits per heavy atom. The third-order valence-electron chi connectivity index (χ3n) is 6.15. The van der Waals surface area contributed by atoms with Crippen LogP contribution in [0, 0.1) is 0 Å². The van der Waals surface area contributed by atoms with Gasteiger partial charge in [0, 0.05) is 0 Å². The Morgan fingerprint density at radius 1 is 0.656 bits per heavy atom. The molecule has 1 aromatic carbocycles. The smallest absolute Gasteiger partial charge is 0.310 e. The lowest BCUT2D eigenvalue weighted by atomic mass is 10.0. The fraction of sp³-hybridized carbons (Fsp3) is 0.750. The van der Waals surface area contributed by atoms with Crippen molar-refractivity contribution in [3.05, 3.63) is 23.8 Å². The molecule has 184 valence electrons. The van der Waals surface area contributed by atoms with Crippen LogP contribution in [0.25, 0.3) is 0 Å². The third-order valence-corrected chi connectivity index (χ3v) is 6.15. The van der Waals surface area contributed by atoms with Gasteiger partial charge in [0.2, 0.25) is 0 Å². The molecule has 0 unspecified atom stereocenters. The van der Waals surface area contributed by atoms with Gasteiger partial charge in [-0.1, -0.05) is 122 Å². The lowest BCUT2D eigenvalue weighted by molar-refractivity contribution is -0.142. The van der Waals surface area contributed by atoms with Gasteiger partial charge in [-0.2, -0.15) is 0 Å². The van der Waals surface area contributed by atoms with E-state index in [0.717, 1.165) is 12.8 Å². The number of aromatic hydroxyl groups is 2. The van der Waals surface area contributed by atoms with Gasteiger partial charge in [0.25, 0.3) is 0 Å². The molecule has 0 saturated carbocycles. The van der Waals surface area contributed by atoms with Crippen LogP contribution in [0.1, 0.15) is 128 Å². The van der Waals surface area contributed by atoms with Crippen molar-refractivity contribution < 1.29 is 19.7 Å². The highest BCUT2D eigenvalue weighted by atomic mass is 16.5. The normalized spacial score (nSPS) is 11.0. The monoisotopic (exact) mass is 448 g/mol. The van der Waals surface area contributed by atoms with E-state index >= 15 is 0 Å². The number of carbonyl (C=O) groups excluding carboxylic acids is 1. The molecule has 1 rings (SSSR count). The fourth-order valence-corrected chi connectivity index (χ4v) is 4.09. The fourth-order valence-electron chi connectivity index (χ4n) is 4.09. The molecule has 0 aliphatic heterocycles. The van der Waals surface area contributed by atoms with Gasteiger partial charge in [0.15, 0.2) is 11.5 Å². The molecule has 0 fully saturated rings. The number of hydrogen-bond donors (Lipinski definition) is 2. The Hall–Kier alpha value is -1.71. The summed E-state index contributed by atoms with van der Waals surface area (Å²) >= 11 is 0. The summed E-state index contributed by atoms with van der Waals surface area (Å²) in [5, 5.41) is 18.7. The minimum Gasteiger partial charge on any atom is -0.504 e. The number of unbranched alkanes of at least 4 members (excludes halogenated alkanes) is 17. The second-order valence-corrected chi connectivity index (χ2v) is 9.23. The summed E-state index contributed by atoms with van der Waals surface area (Å²) in [6, 6.07) is 4.40. The SMILES string of the molecule is CCCCCCCCCCCCCCCCCCCCOC(=O)Cc1ccc(O)c(O)c1. The molecule has 0 spiro atoms. The summed E-state index contributed by atoms with van der Waals surface area (Å²) in [5.74, 6) is -0.679. The van der Waals surface area contributed by atoms with Gasteiger partial charge in [-0.05, 0) is 24.1 Å². The second kappa shape index (κ2) is 19.9. The molecule has 0 aromatic heterocycles. The summed E-state index contributed by atoms with van der Waals surface area (Å²) < 4.78 is 5.26. The van der Waals surface area contributed by atoms with Crippen molar-refractivity contribution in [2.75, 3.05) is 6.61 Å². The van der Waals surface area contributed by atoms with Gasteiger partial charge in [0.05, 0.1) is 13.0 Å². The average Bonchev–Trinajstić information content (AvgIpc) is 2.78. The van der Waals surface area contributed by atoms with Crippen LogP contribution >= 0.6 is 0 Å². The Bertz CT molecular complexity index is 585. The minimum absolute atomic E-state index is 0.118. The average molecular weight is 449 g/mol. The number of benzene rings is 1. The van der Waals surface area contributed by atoms with Crippen molar-refractivity contribution in [1.29, 1.82) is 0 Å². The highest BCUT2D eigenvalue weighted by molar-refractivity contribution is 5.72. The first-order chi connectivity index (χ1) is 15.6. The molecule has 0 radical (unpaired) electrons. The van der Waals surface area contributed by atoms with Gasteiger partial charge in [0.1, 0.15) is 0 Å². The van der Waals surface area contributed by atoms with E-state index in [1.165, 1.54) is 115 Å². The van der Waals surface area contributed by atoms with E-state index in [1.807, 2.05) is 0 Å². The van der Waals surface area contributed by atoms with Crippen molar-refractivity contribution in [1.82, 2.24) is 0 Å². The van der Waals surface area contributed by atoms with E-state index in [1.54, 1.807) is 6.07 Å². The molecule has 0 bridgehead atoms. The highest BCUT2D eigenvalue weighted by Crippen LogP contribution is 2.25. The quantitative estimate of drug-likeness (QED) is 0.113. The van der Waals surface area contributed by atoms with Crippen LogP contribution in [0.15, 0.2) is 18.2 Å². The molecule has 0 aliphatic rings. The molecule has 1 aromatic rings. The van der Waals surface area contributed by atoms with Crippen LogP contribution in [0.2, 0.25) is 0 Å². The number of phenols is 2. The van der Waals surface area contributed by atoms with Crippen LogP contribution in [0.4, 0.5) is 0 Å². The van der Waals surface area contributed by atoms with E-state index in [2.05, 4.69) is 6.92 Å². The number of hydrogen-bond acceptors (Lipinski definition) is 4. The molecule has 4 heteroatoms. The van der Waals surface area contributed by atoms with E-state index < -0.39 is 0 Å². The van der Waals surface area contributed by atoms with Gasteiger partial charge < -0.3 is 14.9 Å². The standard InChI is InChI=1S/C28H48O4/c1-2-3-4-5-6-7-8-9-10-11-12-13-14-15-16-17-18-19-22-32-28(31)24-25-20-21-26(29)27(30)23-25/h20-21,23,29-30H,2-19,22,24H2,1H3. The van der Waals surface area contributed by atoms with Crippen molar-refractivity contribution in [2.24, 2.45) is 0 Å². The Morgan fingerprint density at radius 2 is 1.09 bits per heavy atom. The molecular formula is C28H48O4. The van der Waals surface area contributed by atoms with Crippen molar-refractivity contribution >= 4 is 5.97 Å². The second-order valence-electron chi connectivity index (χ2n) is 9.23. The summed E-state index contributed by atoms with van der Waals surface area (Å²) in [6.45, 7) is 2.74. The first-order valence-electron chi connectivity index (χ1n) is 13.3. The van der Waals surface area contributed by atoms with Crippen LogP contribution in [0.3, 0.4) is 0 Å². The van der Waals surface area contributed by atoms with Crippen molar-refractivity contribution in [3.8, 4) is 11.5 Å².